The number of hydrogen-bond donors (Lipinski definition) is 0. The molecular formula is C14H14ClNO. The van der Waals surface area contributed by atoms with Crippen molar-refractivity contribution in [2.75, 3.05) is 0 Å². The summed E-state index contributed by atoms with van der Waals surface area (Å²) in [7, 11) is 0. The highest BCUT2D eigenvalue weighted by Gasteiger charge is 2.05. The predicted octanol–water partition coefficient (Wildman–Crippen LogP) is 3.17. The van der Waals surface area contributed by atoms with Gasteiger partial charge in [-0.1, -0.05) is 29.8 Å². The monoisotopic (exact) mass is 247 g/mol. The van der Waals surface area contributed by atoms with E-state index >= 15 is 0 Å². The van der Waals surface area contributed by atoms with Crippen LogP contribution in [0.1, 0.15) is 16.7 Å². The van der Waals surface area contributed by atoms with Crippen molar-refractivity contribution in [1.29, 1.82) is 0 Å². The Morgan fingerprint density at radius 2 is 1.94 bits per heavy atom. The van der Waals surface area contributed by atoms with Crippen molar-refractivity contribution in [3.8, 4) is 0 Å². The molecule has 0 fully saturated rings. The highest BCUT2D eigenvalue weighted by Crippen LogP contribution is 2.20. The Morgan fingerprint density at radius 1 is 1.18 bits per heavy atom. The van der Waals surface area contributed by atoms with Crippen LogP contribution in [-0.4, -0.2) is 4.57 Å². The van der Waals surface area contributed by atoms with E-state index in [-0.39, 0.29) is 5.56 Å². The minimum atomic E-state index is -0.00470. The Labute approximate surface area is 105 Å². The fraction of sp³-hybridized carbons (Fsp3) is 0.214. The average Bonchev–Trinajstić information content (AvgIpc) is 2.28. The van der Waals surface area contributed by atoms with Crippen molar-refractivity contribution < 1.29 is 0 Å². The van der Waals surface area contributed by atoms with Gasteiger partial charge >= 0.3 is 0 Å². The van der Waals surface area contributed by atoms with Crippen molar-refractivity contribution in [3.05, 3.63) is 68.6 Å². The second kappa shape index (κ2) is 4.76. The molecule has 1 aromatic carbocycles. The molecule has 0 radical (unpaired) electrons. The quantitative estimate of drug-likeness (QED) is 0.799. The van der Waals surface area contributed by atoms with E-state index < -0.39 is 0 Å². The molecule has 2 nitrogen and oxygen atoms in total. The van der Waals surface area contributed by atoms with Crippen LogP contribution < -0.4 is 5.56 Å². The number of pyridine rings is 1. The summed E-state index contributed by atoms with van der Waals surface area (Å²) in [6.07, 6.45) is 1.85. The van der Waals surface area contributed by atoms with Crippen LogP contribution in [0.25, 0.3) is 0 Å². The molecule has 88 valence electrons. The molecule has 0 aliphatic rings. The largest absolute Gasteiger partial charge is 0.311 e. The van der Waals surface area contributed by atoms with Crippen molar-refractivity contribution in [2.24, 2.45) is 0 Å². The van der Waals surface area contributed by atoms with Crippen LogP contribution in [0.15, 0.2) is 41.3 Å². The van der Waals surface area contributed by atoms with Gasteiger partial charge in [0.25, 0.3) is 5.56 Å². The summed E-state index contributed by atoms with van der Waals surface area (Å²) in [4.78, 5) is 11.7. The summed E-state index contributed by atoms with van der Waals surface area (Å²) in [5, 5.41) is 0.707. The Balaban J connectivity index is 2.45. The van der Waals surface area contributed by atoms with Gasteiger partial charge in [-0.2, -0.15) is 0 Å². The van der Waals surface area contributed by atoms with Gasteiger partial charge in [0.15, 0.2) is 0 Å². The molecular weight excluding hydrogens is 234 g/mol. The van der Waals surface area contributed by atoms with Gasteiger partial charge in [-0.25, -0.2) is 0 Å². The van der Waals surface area contributed by atoms with Gasteiger partial charge < -0.3 is 4.57 Å². The van der Waals surface area contributed by atoms with Crippen LogP contribution in [0, 0.1) is 13.8 Å². The minimum absolute atomic E-state index is 0.00470. The number of aromatic nitrogens is 1. The van der Waals surface area contributed by atoms with Crippen molar-refractivity contribution in [3.63, 3.8) is 0 Å². The summed E-state index contributed by atoms with van der Waals surface area (Å²) in [6, 6.07) is 9.17. The Bertz CT molecular complexity index is 581. The zero-order chi connectivity index (χ0) is 12.4. The van der Waals surface area contributed by atoms with Crippen molar-refractivity contribution >= 4 is 11.6 Å². The number of nitrogens with zero attached hydrogens (tertiary/aromatic N) is 1. The summed E-state index contributed by atoms with van der Waals surface area (Å²) < 4.78 is 1.68. The van der Waals surface area contributed by atoms with Gasteiger partial charge in [-0.05, 0) is 36.6 Å². The normalized spacial score (nSPS) is 10.5. The van der Waals surface area contributed by atoms with Crippen LogP contribution in [-0.2, 0) is 6.54 Å². The molecule has 1 heterocycles. The third-order valence-electron chi connectivity index (χ3n) is 2.81. The van der Waals surface area contributed by atoms with Crippen molar-refractivity contribution in [1.82, 2.24) is 4.57 Å². The summed E-state index contributed by atoms with van der Waals surface area (Å²) >= 11 is 6.16. The lowest BCUT2D eigenvalue weighted by atomic mass is 10.1. The predicted molar refractivity (Wildman–Crippen MR) is 70.7 cm³/mol. The van der Waals surface area contributed by atoms with Crippen LogP contribution in [0.3, 0.4) is 0 Å². The average molecular weight is 248 g/mol. The van der Waals surface area contributed by atoms with Crippen LogP contribution in [0.5, 0.6) is 0 Å². The molecule has 2 aromatic rings. The SMILES string of the molecule is Cc1ccc(=O)n(Cc2c(C)cccc2Cl)c1. The maximum absolute atomic E-state index is 11.7. The van der Waals surface area contributed by atoms with Crippen LogP contribution >= 0.6 is 11.6 Å². The highest BCUT2D eigenvalue weighted by molar-refractivity contribution is 6.31. The number of halogens is 1. The fourth-order valence-corrected chi connectivity index (χ4v) is 2.09. The number of hydrogen-bond acceptors (Lipinski definition) is 1. The van der Waals surface area contributed by atoms with Gasteiger partial charge in [-0.3, -0.25) is 4.79 Å². The van der Waals surface area contributed by atoms with Gasteiger partial charge in [-0.15, -0.1) is 0 Å². The zero-order valence-corrected chi connectivity index (χ0v) is 10.7. The van der Waals surface area contributed by atoms with E-state index in [2.05, 4.69) is 0 Å². The van der Waals surface area contributed by atoms with E-state index in [9.17, 15) is 4.79 Å². The lowest BCUT2D eigenvalue weighted by Crippen LogP contribution is -2.19. The molecule has 0 bridgehead atoms. The molecule has 0 aliphatic carbocycles. The molecule has 0 N–H and O–H groups in total. The second-order valence-electron chi connectivity index (χ2n) is 4.21. The topological polar surface area (TPSA) is 22.0 Å². The van der Waals surface area contributed by atoms with E-state index in [4.69, 9.17) is 11.6 Å². The van der Waals surface area contributed by atoms with Gasteiger partial charge in [0.1, 0.15) is 0 Å². The molecule has 0 saturated heterocycles. The summed E-state index contributed by atoms with van der Waals surface area (Å²) in [6.45, 7) is 4.49. The number of aryl methyl sites for hydroxylation is 2. The molecule has 0 aliphatic heterocycles. The molecule has 0 unspecified atom stereocenters. The minimum Gasteiger partial charge on any atom is -0.311 e. The molecule has 0 amide bonds. The first kappa shape index (κ1) is 11.9. The zero-order valence-electron chi connectivity index (χ0n) is 9.90. The Kier molecular flexibility index (Phi) is 3.34. The lowest BCUT2D eigenvalue weighted by molar-refractivity contribution is 0.750. The van der Waals surface area contributed by atoms with Gasteiger partial charge in [0.2, 0.25) is 0 Å². The van der Waals surface area contributed by atoms with Crippen molar-refractivity contribution in [2.45, 2.75) is 20.4 Å². The first-order valence-electron chi connectivity index (χ1n) is 5.49. The highest BCUT2D eigenvalue weighted by atomic mass is 35.5. The molecule has 1 aromatic heterocycles. The molecule has 0 atom stereocenters. The van der Waals surface area contributed by atoms with E-state index in [0.29, 0.717) is 11.6 Å². The van der Waals surface area contributed by atoms with Crippen LogP contribution in [0.2, 0.25) is 5.02 Å². The fourth-order valence-electron chi connectivity index (χ4n) is 1.81. The van der Waals surface area contributed by atoms with E-state index in [1.165, 1.54) is 0 Å². The van der Waals surface area contributed by atoms with Gasteiger partial charge in [0.05, 0.1) is 6.54 Å². The Morgan fingerprint density at radius 3 is 2.65 bits per heavy atom. The summed E-state index contributed by atoms with van der Waals surface area (Å²) in [5.74, 6) is 0. The molecule has 0 spiro atoms. The van der Waals surface area contributed by atoms with Crippen LogP contribution in [0.4, 0.5) is 0 Å². The van der Waals surface area contributed by atoms with Gasteiger partial charge in [0, 0.05) is 17.3 Å². The maximum atomic E-state index is 11.7. The molecule has 0 saturated carbocycles. The van der Waals surface area contributed by atoms with E-state index in [1.54, 1.807) is 10.6 Å². The third kappa shape index (κ3) is 2.59. The number of benzene rings is 1. The summed E-state index contributed by atoms with van der Waals surface area (Å²) in [5.41, 5.74) is 3.16. The second-order valence-corrected chi connectivity index (χ2v) is 4.62. The van der Waals surface area contributed by atoms with E-state index in [1.807, 2.05) is 44.3 Å². The molecule has 2 rings (SSSR count). The number of rotatable bonds is 2. The standard InChI is InChI=1S/C14H14ClNO/c1-10-6-7-14(17)16(8-10)9-12-11(2)4-3-5-13(12)15/h3-8H,9H2,1-2H3. The first-order valence-corrected chi connectivity index (χ1v) is 5.87. The smallest absolute Gasteiger partial charge is 0.250 e. The first-order chi connectivity index (χ1) is 8.08. The maximum Gasteiger partial charge on any atom is 0.250 e. The lowest BCUT2D eigenvalue weighted by Gasteiger charge is -2.11. The third-order valence-corrected chi connectivity index (χ3v) is 3.17. The molecule has 17 heavy (non-hydrogen) atoms. The Hall–Kier alpha value is -1.54. The van der Waals surface area contributed by atoms with E-state index in [0.717, 1.165) is 16.7 Å². The molecule has 3 heteroatoms.